The average molecular weight is 295 g/mol. The number of aromatic nitrogens is 2. The second-order valence-electron chi connectivity index (χ2n) is 4.21. The Labute approximate surface area is 117 Å². The van der Waals surface area contributed by atoms with Crippen LogP contribution in [-0.4, -0.2) is 25.8 Å². The standard InChI is InChI=1S/C12H10FN3O5/c1-6-3-11(15(2)14-6)21-10-4-7(12(17)18)8(13)5-9(10)16(19)20/h3-5H,1-2H3,(H,17,18). The van der Waals surface area contributed by atoms with Gasteiger partial charge in [0.15, 0.2) is 0 Å². The number of halogens is 1. The van der Waals surface area contributed by atoms with Gasteiger partial charge < -0.3 is 9.84 Å². The van der Waals surface area contributed by atoms with Gasteiger partial charge in [-0.2, -0.15) is 5.10 Å². The van der Waals surface area contributed by atoms with Crippen molar-refractivity contribution in [3.63, 3.8) is 0 Å². The summed E-state index contributed by atoms with van der Waals surface area (Å²) in [5, 5.41) is 23.8. The predicted molar refractivity (Wildman–Crippen MR) is 68.0 cm³/mol. The van der Waals surface area contributed by atoms with Gasteiger partial charge in [-0.05, 0) is 6.92 Å². The van der Waals surface area contributed by atoms with E-state index < -0.39 is 28.0 Å². The summed E-state index contributed by atoms with van der Waals surface area (Å²) in [6, 6.07) is 2.80. The normalized spacial score (nSPS) is 10.4. The molecule has 0 aliphatic rings. The van der Waals surface area contributed by atoms with Gasteiger partial charge in [0.05, 0.1) is 22.2 Å². The maximum Gasteiger partial charge on any atom is 0.338 e. The Morgan fingerprint density at radius 2 is 2.14 bits per heavy atom. The molecule has 0 aliphatic carbocycles. The van der Waals surface area contributed by atoms with Gasteiger partial charge in [-0.1, -0.05) is 0 Å². The Morgan fingerprint density at radius 1 is 1.48 bits per heavy atom. The molecule has 8 nitrogen and oxygen atoms in total. The smallest absolute Gasteiger partial charge is 0.338 e. The minimum atomic E-state index is -1.55. The number of hydrogen-bond donors (Lipinski definition) is 1. The summed E-state index contributed by atoms with van der Waals surface area (Å²) in [4.78, 5) is 21.0. The van der Waals surface area contributed by atoms with Crippen molar-refractivity contribution in [2.75, 3.05) is 0 Å². The van der Waals surface area contributed by atoms with Crippen molar-refractivity contribution in [3.05, 3.63) is 45.4 Å². The molecule has 0 saturated carbocycles. The Balaban J connectivity index is 2.54. The molecule has 0 radical (unpaired) electrons. The highest BCUT2D eigenvalue weighted by Gasteiger charge is 2.24. The maximum absolute atomic E-state index is 13.5. The van der Waals surface area contributed by atoms with E-state index >= 15 is 0 Å². The van der Waals surface area contributed by atoms with Crippen LogP contribution in [0.1, 0.15) is 16.1 Å². The second kappa shape index (κ2) is 5.19. The molecule has 0 aliphatic heterocycles. The number of aromatic carboxylic acids is 1. The molecule has 0 saturated heterocycles. The third-order valence-corrected chi connectivity index (χ3v) is 2.65. The van der Waals surface area contributed by atoms with E-state index in [2.05, 4.69) is 5.10 Å². The molecule has 0 spiro atoms. The third kappa shape index (κ3) is 2.81. The van der Waals surface area contributed by atoms with Gasteiger partial charge in [-0.15, -0.1) is 0 Å². The molecule has 9 heteroatoms. The van der Waals surface area contributed by atoms with Crippen LogP contribution in [0.5, 0.6) is 11.6 Å². The number of nitro benzene ring substituents is 1. The summed E-state index contributed by atoms with van der Waals surface area (Å²) >= 11 is 0. The highest BCUT2D eigenvalue weighted by atomic mass is 19.1. The van der Waals surface area contributed by atoms with Crippen LogP contribution >= 0.6 is 0 Å². The molecule has 0 bridgehead atoms. The maximum atomic E-state index is 13.5. The molecule has 1 aromatic heterocycles. The van der Waals surface area contributed by atoms with Gasteiger partial charge in [0, 0.05) is 19.2 Å². The summed E-state index contributed by atoms with van der Waals surface area (Å²) in [6.45, 7) is 1.69. The van der Waals surface area contributed by atoms with Crippen molar-refractivity contribution in [1.29, 1.82) is 0 Å². The number of carbonyl (C=O) groups is 1. The van der Waals surface area contributed by atoms with Gasteiger partial charge in [0.2, 0.25) is 11.6 Å². The highest BCUT2D eigenvalue weighted by Crippen LogP contribution is 2.33. The molecule has 2 rings (SSSR count). The lowest BCUT2D eigenvalue weighted by Gasteiger charge is -2.07. The third-order valence-electron chi connectivity index (χ3n) is 2.65. The summed E-state index contributed by atoms with van der Waals surface area (Å²) in [6.07, 6.45) is 0. The van der Waals surface area contributed by atoms with Crippen LogP contribution in [0, 0.1) is 22.9 Å². The molecule has 21 heavy (non-hydrogen) atoms. The number of ether oxygens (including phenoxy) is 1. The summed E-state index contributed by atoms with van der Waals surface area (Å²) in [7, 11) is 1.55. The number of rotatable bonds is 4. The van der Waals surface area contributed by atoms with Crippen molar-refractivity contribution in [3.8, 4) is 11.6 Å². The van der Waals surface area contributed by atoms with Crippen molar-refractivity contribution >= 4 is 11.7 Å². The fraction of sp³-hybridized carbons (Fsp3) is 0.167. The van der Waals surface area contributed by atoms with Crippen LogP contribution in [-0.2, 0) is 7.05 Å². The first-order valence-corrected chi connectivity index (χ1v) is 5.69. The Morgan fingerprint density at radius 3 is 2.62 bits per heavy atom. The molecule has 0 atom stereocenters. The zero-order valence-corrected chi connectivity index (χ0v) is 11.0. The van der Waals surface area contributed by atoms with Crippen LogP contribution in [0.2, 0.25) is 0 Å². The van der Waals surface area contributed by atoms with E-state index in [1.165, 1.54) is 10.7 Å². The SMILES string of the molecule is Cc1cc(Oc2cc(C(=O)O)c(F)cc2[N+](=O)[O-])n(C)n1. The van der Waals surface area contributed by atoms with Crippen molar-refractivity contribution in [2.45, 2.75) is 6.92 Å². The van der Waals surface area contributed by atoms with E-state index in [0.717, 1.165) is 6.07 Å². The summed E-state index contributed by atoms with van der Waals surface area (Å²) in [5.41, 5.74) is -0.776. The van der Waals surface area contributed by atoms with Crippen molar-refractivity contribution in [1.82, 2.24) is 9.78 Å². The fourth-order valence-corrected chi connectivity index (χ4v) is 1.73. The van der Waals surface area contributed by atoms with Gasteiger partial charge in [0.1, 0.15) is 5.82 Å². The molecular weight excluding hydrogens is 285 g/mol. The number of carboxylic acids is 1. The number of nitrogens with zero attached hydrogens (tertiary/aromatic N) is 3. The van der Waals surface area contributed by atoms with Crippen molar-refractivity contribution in [2.24, 2.45) is 7.05 Å². The molecular formula is C12H10FN3O5. The van der Waals surface area contributed by atoms with Crippen LogP contribution in [0.15, 0.2) is 18.2 Å². The van der Waals surface area contributed by atoms with Gasteiger partial charge in [-0.3, -0.25) is 10.1 Å². The highest BCUT2D eigenvalue weighted by molar-refractivity contribution is 5.89. The predicted octanol–water partition coefficient (Wildman–Crippen LogP) is 2.27. The number of carboxylic acid groups (broad SMARTS) is 1. The average Bonchev–Trinajstić information content (AvgIpc) is 2.68. The van der Waals surface area contributed by atoms with Crippen LogP contribution in [0.4, 0.5) is 10.1 Å². The van der Waals surface area contributed by atoms with E-state index in [0.29, 0.717) is 11.8 Å². The summed E-state index contributed by atoms with van der Waals surface area (Å²) in [5.74, 6) is -2.96. The number of aryl methyl sites for hydroxylation is 2. The number of hydrogen-bond acceptors (Lipinski definition) is 5. The minimum absolute atomic E-state index is 0.165. The Hall–Kier alpha value is -2.97. The molecule has 0 amide bonds. The monoisotopic (exact) mass is 295 g/mol. The molecule has 0 fully saturated rings. The Bertz CT molecular complexity index is 741. The van der Waals surface area contributed by atoms with Gasteiger partial charge in [-0.25, -0.2) is 13.9 Å². The number of benzene rings is 1. The molecule has 110 valence electrons. The first kappa shape index (κ1) is 14.4. The van der Waals surface area contributed by atoms with E-state index in [1.807, 2.05) is 0 Å². The topological polar surface area (TPSA) is 107 Å². The van der Waals surface area contributed by atoms with E-state index in [1.54, 1.807) is 14.0 Å². The molecule has 2 aromatic rings. The Kier molecular flexibility index (Phi) is 3.57. The van der Waals surface area contributed by atoms with Gasteiger partial charge >= 0.3 is 11.7 Å². The fourth-order valence-electron chi connectivity index (χ4n) is 1.73. The van der Waals surface area contributed by atoms with E-state index in [-0.39, 0.29) is 11.6 Å². The second-order valence-corrected chi connectivity index (χ2v) is 4.21. The lowest BCUT2D eigenvalue weighted by Crippen LogP contribution is -2.04. The molecule has 1 heterocycles. The zero-order chi connectivity index (χ0) is 15.7. The lowest BCUT2D eigenvalue weighted by atomic mass is 10.2. The lowest BCUT2D eigenvalue weighted by molar-refractivity contribution is -0.385. The van der Waals surface area contributed by atoms with Crippen LogP contribution < -0.4 is 4.74 Å². The quantitative estimate of drug-likeness (QED) is 0.684. The molecule has 1 N–H and O–H groups in total. The largest absolute Gasteiger partial charge is 0.478 e. The molecule has 1 aromatic carbocycles. The molecule has 0 unspecified atom stereocenters. The van der Waals surface area contributed by atoms with E-state index in [9.17, 15) is 19.3 Å². The van der Waals surface area contributed by atoms with Crippen molar-refractivity contribution < 1.29 is 24.0 Å². The number of nitro groups is 1. The minimum Gasteiger partial charge on any atom is -0.478 e. The first-order chi connectivity index (χ1) is 9.79. The van der Waals surface area contributed by atoms with E-state index in [4.69, 9.17) is 9.84 Å². The van der Waals surface area contributed by atoms with Gasteiger partial charge in [0.25, 0.3) is 0 Å². The zero-order valence-electron chi connectivity index (χ0n) is 11.0. The first-order valence-electron chi connectivity index (χ1n) is 5.69. The summed E-state index contributed by atoms with van der Waals surface area (Å²) < 4.78 is 20.1. The van der Waals surface area contributed by atoms with Crippen LogP contribution in [0.25, 0.3) is 0 Å². The van der Waals surface area contributed by atoms with Crippen LogP contribution in [0.3, 0.4) is 0 Å².